The van der Waals surface area contributed by atoms with Gasteiger partial charge in [-0.3, -0.25) is 4.79 Å². The van der Waals surface area contributed by atoms with Crippen LogP contribution in [0.2, 0.25) is 5.02 Å². The lowest BCUT2D eigenvalue weighted by molar-refractivity contribution is -0.118. The van der Waals surface area contributed by atoms with Gasteiger partial charge in [-0.05, 0) is 42.7 Å². The highest BCUT2D eigenvalue weighted by Crippen LogP contribution is 2.21. The summed E-state index contributed by atoms with van der Waals surface area (Å²) in [6, 6.07) is 13.7. The molecule has 0 heterocycles. The standard InChI is InChI=1S/C19H22ClNO2S/c1-14-6-5-9-18(15(14)2)23-11-10-21-19(22)13-24-12-16-7-3-4-8-17(16)20/h3-9H,10-13H2,1-2H3,(H,21,22). The van der Waals surface area contributed by atoms with Crippen molar-refractivity contribution in [3.05, 3.63) is 64.2 Å². The van der Waals surface area contributed by atoms with E-state index in [1.54, 1.807) is 11.8 Å². The number of carbonyl (C=O) groups excluding carboxylic acids is 1. The van der Waals surface area contributed by atoms with Crippen molar-refractivity contribution in [1.82, 2.24) is 5.32 Å². The van der Waals surface area contributed by atoms with E-state index in [4.69, 9.17) is 16.3 Å². The molecule has 0 aliphatic heterocycles. The van der Waals surface area contributed by atoms with Crippen molar-refractivity contribution in [2.75, 3.05) is 18.9 Å². The van der Waals surface area contributed by atoms with Crippen LogP contribution < -0.4 is 10.1 Å². The molecule has 0 radical (unpaired) electrons. The van der Waals surface area contributed by atoms with Gasteiger partial charge in [0.2, 0.25) is 5.91 Å². The Hall–Kier alpha value is -1.65. The highest BCUT2D eigenvalue weighted by atomic mass is 35.5. The van der Waals surface area contributed by atoms with E-state index in [0.29, 0.717) is 18.9 Å². The smallest absolute Gasteiger partial charge is 0.230 e. The highest BCUT2D eigenvalue weighted by molar-refractivity contribution is 7.99. The van der Waals surface area contributed by atoms with Crippen molar-refractivity contribution in [2.45, 2.75) is 19.6 Å². The van der Waals surface area contributed by atoms with Gasteiger partial charge in [0.05, 0.1) is 12.3 Å². The number of aryl methyl sites for hydroxylation is 1. The average Bonchev–Trinajstić information content (AvgIpc) is 2.57. The molecule has 128 valence electrons. The van der Waals surface area contributed by atoms with Gasteiger partial charge in [-0.2, -0.15) is 0 Å². The zero-order valence-corrected chi connectivity index (χ0v) is 15.5. The van der Waals surface area contributed by atoms with E-state index < -0.39 is 0 Å². The molecule has 0 aliphatic rings. The largest absolute Gasteiger partial charge is 0.491 e. The van der Waals surface area contributed by atoms with E-state index in [-0.39, 0.29) is 5.91 Å². The molecule has 5 heteroatoms. The molecule has 2 aromatic rings. The number of thioether (sulfide) groups is 1. The molecule has 0 aromatic heterocycles. The van der Waals surface area contributed by atoms with Crippen molar-refractivity contribution in [3.63, 3.8) is 0 Å². The molecule has 0 saturated heterocycles. The minimum absolute atomic E-state index is 0.0108. The molecule has 0 atom stereocenters. The van der Waals surface area contributed by atoms with Crippen LogP contribution >= 0.6 is 23.4 Å². The Morgan fingerprint density at radius 2 is 1.96 bits per heavy atom. The molecular weight excluding hydrogens is 342 g/mol. The molecule has 2 rings (SSSR count). The Labute approximate surface area is 152 Å². The van der Waals surface area contributed by atoms with E-state index in [1.165, 1.54) is 5.56 Å². The van der Waals surface area contributed by atoms with Gasteiger partial charge in [0.1, 0.15) is 12.4 Å². The fourth-order valence-electron chi connectivity index (χ4n) is 2.15. The molecule has 0 unspecified atom stereocenters. The molecular formula is C19H22ClNO2S. The van der Waals surface area contributed by atoms with E-state index in [2.05, 4.69) is 18.3 Å². The number of nitrogens with one attached hydrogen (secondary N) is 1. The summed E-state index contributed by atoms with van der Waals surface area (Å²) < 4.78 is 5.72. The number of hydrogen-bond donors (Lipinski definition) is 1. The third kappa shape index (κ3) is 5.77. The Kier molecular flexibility index (Phi) is 7.47. The predicted molar refractivity (Wildman–Crippen MR) is 102 cm³/mol. The van der Waals surface area contributed by atoms with Crippen LogP contribution in [0.25, 0.3) is 0 Å². The molecule has 1 N–H and O–H groups in total. The maximum atomic E-state index is 11.8. The van der Waals surface area contributed by atoms with Crippen LogP contribution in [0.1, 0.15) is 16.7 Å². The number of benzene rings is 2. The fraction of sp³-hybridized carbons (Fsp3) is 0.316. The Balaban J connectivity index is 1.63. The first-order valence-corrected chi connectivity index (χ1v) is 9.38. The topological polar surface area (TPSA) is 38.3 Å². The summed E-state index contributed by atoms with van der Waals surface area (Å²) >= 11 is 7.64. The summed E-state index contributed by atoms with van der Waals surface area (Å²) in [5.41, 5.74) is 3.39. The van der Waals surface area contributed by atoms with Gasteiger partial charge in [-0.15, -0.1) is 11.8 Å². The van der Waals surface area contributed by atoms with Crippen LogP contribution in [0.15, 0.2) is 42.5 Å². The van der Waals surface area contributed by atoms with Crippen molar-refractivity contribution in [2.24, 2.45) is 0 Å². The zero-order chi connectivity index (χ0) is 17.4. The van der Waals surface area contributed by atoms with Gasteiger partial charge in [-0.1, -0.05) is 41.9 Å². The van der Waals surface area contributed by atoms with Gasteiger partial charge in [0.15, 0.2) is 0 Å². The molecule has 3 nitrogen and oxygen atoms in total. The van der Waals surface area contributed by atoms with Crippen LogP contribution in [-0.2, 0) is 10.5 Å². The van der Waals surface area contributed by atoms with Gasteiger partial charge in [-0.25, -0.2) is 0 Å². The van der Waals surface area contributed by atoms with Crippen LogP contribution in [0, 0.1) is 13.8 Å². The predicted octanol–water partition coefficient (Wildman–Crippen LogP) is 4.39. The molecule has 0 spiro atoms. The lowest BCUT2D eigenvalue weighted by Gasteiger charge is -2.11. The molecule has 0 aliphatic carbocycles. The Bertz CT molecular complexity index is 691. The minimum Gasteiger partial charge on any atom is -0.491 e. The third-order valence-electron chi connectivity index (χ3n) is 3.69. The normalized spacial score (nSPS) is 10.5. The first kappa shape index (κ1) is 18.7. The number of halogens is 1. The van der Waals surface area contributed by atoms with Crippen LogP contribution in [0.4, 0.5) is 0 Å². The van der Waals surface area contributed by atoms with Gasteiger partial charge >= 0.3 is 0 Å². The molecule has 2 aromatic carbocycles. The zero-order valence-electron chi connectivity index (χ0n) is 14.0. The molecule has 0 saturated carbocycles. The van der Waals surface area contributed by atoms with Crippen LogP contribution in [-0.4, -0.2) is 24.8 Å². The lowest BCUT2D eigenvalue weighted by Crippen LogP contribution is -2.29. The second kappa shape index (κ2) is 9.60. The molecule has 0 bridgehead atoms. The first-order chi connectivity index (χ1) is 11.6. The summed E-state index contributed by atoms with van der Waals surface area (Å²) in [4.78, 5) is 11.8. The van der Waals surface area contributed by atoms with Gasteiger partial charge in [0.25, 0.3) is 0 Å². The Morgan fingerprint density at radius 3 is 2.75 bits per heavy atom. The third-order valence-corrected chi connectivity index (χ3v) is 5.04. The summed E-state index contributed by atoms with van der Waals surface area (Å²) in [6.45, 7) is 5.05. The van der Waals surface area contributed by atoms with Crippen molar-refractivity contribution >= 4 is 29.3 Å². The maximum absolute atomic E-state index is 11.8. The van der Waals surface area contributed by atoms with Crippen LogP contribution in [0.3, 0.4) is 0 Å². The van der Waals surface area contributed by atoms with Crippen molar-refractivity contribution in [3.8, 4) is 5.75 Å². The second-order valence-corrected chi connectivity index (χ2v) is 6.87. The number of carbonyl (C=O) groups is 1. The Morgan fingerprint density at radius 1 is 1.17 bits per heavy atom. The van der Waals surface area contributed by atoms with E-state index in [1.807, 2.05) is 43.3 Å². The molecule has 1 amide bonds. The fourth-order valence-corrected chi connectivity index (χ4v) is 3.30. The first-order valence-electron chi connectivity index (χ1n) is 7.85. The number of hydrogen-bond acceptors (Lipinski definition) is 3. The lowest BCUT2D eigenvalue weighted by atomic mass is 10.1. The molecule has 0 fully saturated rings. The second-order valence-electron chi connectivity index (χ2n) is 5.48. The summed E-state index contributed by atoms with van der Waals surface area (Å²) in [6.07, 6.45) is 0. The number of amides is 1. The van der Waals surface area contributed by atoms with E-state index in [9.17, 15) is 4.79 Å². The summed E-state index contributed by atoms with van der Waals surface area (Å²) in [5.74, 6) is 2.02. The van der Waals surface area contributed by atoms with Gasteiger partial charge < -0.3 is 10.1 Å². The van der Waals surface area contributed by atoms with Crippen LogP contribution in [0.5, 0.6) is 5.75 Å². The maximum Gasteiger partial charge on any atom is 0.230 e. The molecule has 24 heavy (non-hydrogen) atoms. The monoisotopic (exact) mass is 363 g/mol. The van der Waals surface area contributed by atoms with E-state index in [0.717, 1.165) is 27.7 Å². The SMILES string of the molecule is Cc1cccc(OCCNC(=O)CSCc2ccccc2Cl)c1C. The van der Waals surface area contributed by atoms with Gasteiger partial charge in [0, 0.05) is 10.8 Å². The highest BCUT2D eigenvalue weighted by Gasteiger charge is 2.05. The van der Waals surface area contributed by atoms with E-state index >= 15 is 0 Å². The number of ether oxygens (including phenoxy) is 1. The van der Waals surface area contributed by atoms with Crippen molar-refractivity contribution in [1.29, 1.82) is 0 Å². The number of rotatable bonds is 8. The quantitative estimate of drug-likeness (QED) is 0.707. The summed E-state index contributed by atoms with van der Waals surface area (Å²) in [5, 5.41) is 3.61. The average molecular weight is 364 g/mol. The minimum atomic E-state index is 0.0108. The van der Waals surface area contributed by atoms with Crippen molar-refractivity contribution < 1.29 is 9.53 Å². The summed E-state index contributed by atoms with van der Waals surface area (Å²) in [7, 11) is 0.